The van der Waals surface area contributed by atoms with Gasteiger partial charge in [0.1, 0.15) is 0 Å². The maximum absolute atomic E-state index is 12.9. The Labute approximate surface area is 182 Å². The van der Waals surface area contributed by atoms with Crippen molar-refractivity contribution in [1.82, 2.24) is 4.90 Å². The smallest absolute Gasteiger partial charge is 0.255 e. The highest BCUT2D eigenvalue weighted by Crippen LogP contribution is 2.24. The van der Waals surface area contributed by atoms with Gasteiger partial charge in [-0.1, -0.05) is 36.4 Å². The minimum absolute atomic E-state index is 0.102. The fourth-order valence-corrected chi connectivity index (χ4v) is 3.80. The van der Waals surface area contributed by atoms with E-state index in [0.29, 0.717) is 16.8 Å². The van der Waals surface area contributed by atoms with Gasteiger partial charge in [0.05, 0.1) is 10.9 Å². The van der Waals surface area contributed by atoms with Gasteiger partial charge >= 0.3 is 0 Å². The molecule has 3 aromatic carbocycles. The molecule has 6 nitrogen and oxygen atoms in total. The lowest BCUT2D eigenvalue weighted by atomic mass is 10.1. The van der Waals surface area contributed by atoms with E-state index in [2.05, 4.69) is 5.32 Å². The molecule has 1 unspecified atom stereocenters. The van der Waals surface area contributed by atoms with E-state index in [1.165, 1.54) is 12.1 Å². The van der Waals surface area contributed by atoms with Gasteiger partial charge in [0, 0.05) is 30.1 Å². The summed E-state index contributed by atoms with van der Waals surface area (Å²) in [7, 11) is -1.75. The van der Waals surface area contributed by atoms with Gasteiger partial charge in [0.2, 0.25) is 0 Å². The zero-order valence-electron chi connectivity index (χ0n) is 17.6. The Morgan fingerprint density at radius 1 is 0.871 bits per heavy atom. The quantitative estimate of drug-likeness (QED) is 0.628. The van der Waals surface area contributed by atoms with Gasteiger partial charge in [-0.2, -0.15) is 0 Å². The Hall–Kier alpha value is -3.45. The highest BCUT2D eigenvalue weighted by molar-refractivity contribution is 7.90. The lowest BCUT2D eigenvalue weighted by Gasteiger charge is -2.26. The maximum Gasteiger partial charge on any atom is 0.255 e. The largest absolute Gasteiger partial charge is 0.335 e. The summed E-state index contributed by atoms with van der Waals surface area (Å²) in [5.74, 6) is -0.510. The normalized spacial score (nSPS) is 12.1. The van der Waals surface area contributed by atoms with Crippen molar-refractivity contribution in [3.63, 3.8) is 0 Å². The van der Waals surface area contributed by atoms with Crippen LogP contribution in [0.3, 0.4) is 0 Å². The summed E-state index contributed by atoms with van der Waals surface area (Å²) in [5.41, 5.74) is 2.31. The van der Waals surface area contributed by atoms with Crippen LogP contribution in [0.5, 0.6) is 0 Å². The molecule has 3 aromatic rings. The molecule has 0 aliphatic rings. The van der Waals surface area contributed by atoms with Crippen molar-refractivity contribution in [2.24, 2.45) is 0 Å². The van der Waals surface area contributed by atoms with Crippen LogP contribution in [0.15, 0.2) is 83.8 Å². The summed E-state index contributed by atoms with van der Waals surface area (Å²) in [5, 5.41) is 2.87. The van der Waals surface area contributed by atoms with E-state index < -0.39 is 9.84 Å². The van der Waals surface area contributed by atoms with Gasteiger partial charge in [0.25, 0.3) is 11.8 Å². The molecule has 0 fully saturated rings. The Morgan fingerprint density at radius 3 is 2.19 bits per heavy atom. The second-order valence-corrected chi connectivity index (χ2v) is 9.35. The number of rotatable bonds is 6. The first-order valence-corrected chi connectivity index (χ1v) is 11.6. The van der Waals surface area contributed by atoms with Crippen molar-refractivity contribution >= 4 is 27.3 Å². The molecular formula is C24H24N2O4S. The zero-order chi connectivity index (χ0) is 22.6. The summed E-state index contributed by atoms with van der Waals surface area (Å²) < 4.78 is 23.6. The SMILES string of the molecule is CC(c1cccc(NC(=O)c2ccccc2)c1)N(C)C(=O)c1cccc(S(C)(=O)=O)c1. The molecule has 3 rings (SSSR count). The average Bonchev–Trinajstić information content (AvgIpc) is 2.78. The van der Waals surface area contributed by atoms with Crippen LogP contribution in [-0.2, 0) is 9.84 Å². The van der Waals surface area contributed by atoms with Gasteiger partial charge in [-0.15, -0.1) is 0 Å². The number of anilines is 1. The average molecular weight is 437 g/mol. The van der Waals surface area contributed by atoms with Crippen molar-refractivity contribution in [2.45, 2.75) is 17.9 Å². The first kappa shape index (κ1) is 22.2. The number of benzene rings is 3. The molecule has 0 heterocycles. The van der Waals surface area contributed by atoms with Crippen molar-refractivity contribution in [1.29, 1.82) is 0 Å². The first-order valence-electron chi connectivity index (χ1n) is 9.70. The number of nitrogens with zero attached hydrogens (tertiary/aromatic N) is 1. The van der Waals surface area contributed by atoms with E-state index in [-0.39, 0.29) is 22.8 Å². The summed E-state index contributed by atoms with van der Waals surface area (Å²) in [4.78, 5) is 27.0. The molecule has 0 spiro atoms. The first-order chi connectivity index (χ1) is 14.7. The van der Waals surface area contributed by atoms with Gasteiger partial charge in [-0.25, -0.2) is 8.42 Å². The molecule has 0 aliphatic heterocycles. The number of nitrogens with one attached hydrogen (secondary N) is 1. The Bertz CT molecular complexity index is 1210. The van der Waals surface area contributed by atoms with E-state index in [1.807, 2.05) is 31.2 Å². The Balaban J connectivity index is 1.78. The topological polar surface area (TPSA) is 83.6 Å². The molecule has 0 saturated heterocycles. The molecule has 0 bridgehead atoms. The van der Waals surface area contributed by atoms with Crippen molar-refractivity contribution < 1.29 is 18.0 Å². The van der Waals surface area contributed by atoms with Crippen LogP contribution in [-0.4, -0.2) is 38.4 Å². The maximum atomic E-state index is 12.9. The van der Waals surface area contributed by atoms with E-state index in [4.69, 9.17) is 0 Å². The zero-order valence-corrected chi connectivity index (χ0v) is 18.4. The molecule has 7 heteroatoms. The van der Waals surface area contributed by atoms with E-state index in [0.717, 1.165) is 11.8 Å². The Kier molecular flexibility index (Phi) is 6.56. The van der Waals surface area contributed by atoms with E-state index in [9.17, 15) is 18.0 Å². The third-order valence-corrected chi connectivity index (χ3v) is 6.18. The third-order valence-electron chi connectivity index (χ3n) is 5.07. The van der Waals surface area contributed by atoms with Gasteiger partial charge in [0.15, 0.2) is 9.84 Å². The van der Waals surface area contributed by atoms with Crippen molar-refractivity contribution in [3.05, 3.63) is 95.6 Å². The van der Waals surface area contributed by atoms with Gasteiger partial charge < -0.3 is 10.2 Å². The highest BCUT2D eigenvalue weighted by atomic mass is 32.2. The number of hydrogen-bond acceptors (Lipinski definition) is 4. The molecule has 0 saturated carbocycles. The fourth-order valence-electron chi connectivity index (χ4n) is 3.13. The fraction of sp³-hybridized carbons (Fsp3) is 0.167. The van der Waals surface area contributed by atoms with Crippen LogP contribution in [0.4, 0.5) is 5.69 Å². The molecule has 0 aliphatic carbocycles. The number of hydrogen-bond donors (Lipinski definition) is 1. The molecule has 2 amide bonds. The molecule has 1 atom stereocenters. The Morgan fingerprint density at radius 2 is 1.52 bits per heavy atom. The summed E-state index contributed by atoms with van der Waals surface area (Å²) >= 11 is 0. The van der Waals surface area contributed by atoms with Crippen LogP contribution < -0.4 is 5.32 Å². The molecule has 160 valence electrons. The molecular weight excluding hydrogens is 412 g/mol. The molecule has 1 N–H and O–H groups in total. The number of carbonyl (C=O) groups excluding carboxylic acids is 2. The number of amides is 2. The minimum atomic E-state index is -3.41. The van der Waals surface area contributed by atoms with Crippen LogP contribution in [0.2, 0.25) is 0 Å². The van der Waals surface area contributed by atoms with Gasteiger partial charge in [-0.05, 0) is 55.0 Å². The van der Waals surface area contributed by atoms with Gasteiger partial charge in [-0.3, -0.25) is 9.59 Å². The predicted octanol–water partition coefficient (Wildman–Crippen LogP) is 4.18. The second-order valence-electron chi connectivity index (χ2n) is 7.34. The lowest BCUT2D eigenvalue weighted by molar-refractivity contribution is 0.0742. The lowest BCUT2D eigenvalue weighted by Crippen LogP contribution is -2.29. The summed E-state index contributed by atoms with van der Waals surface area (Å²) in [6.07, 6.45) is 1.11. The summed E-state index contributed by atoms with van der Waals surface area (Å²) in [6, 6.07) is 21.9. The summed E-state index contributed by atoms with van der Waals surface area (Å²) in [6.45, 7) is 1.87. The molecule has 0 radical (unpaired) electrons. The van der Waals surface area contributed by atoms with Crippen LogP contribution in [0, 0.1) is 0 Å². The minimum Gasteiger partial charge on any atom is -0.335 e. The monoisotopic (exact) mass is 436 g/mol. The number of carbonyl (C=O) groups is 2. The molecule has 31 heavy (non-hydrogen) atoms. The number of sulfone groups is 1. The predicted molar refractivity (Wildman–Crippen MR) is 121 cm³/mol. The van der Waals surface area contributed by atoms with Crippen LogP contribution >= 0.6 is 0 Å². The van der Waals surface area contributed by atoms with Crippen molar-refractivity contribution in [3.8, 4) is 0 Å². The molecule has 0 aromatic heterocycles. The standard InChI is InChI=1S/C24H24N2O4S/c1-17(26(2)24(28)20-12-8-14-22(16-20)31(3,29)30)19-11-7-13-21(15-19)25-23(27)18-9-5-4-6-10-18/h4-17H,1-3H3,(H,25,27). The van der Waals surface area contributed by atoms with E-state index in [1.54, 1.807) is 54.4 Å². The van der Waals surface area contributed by atoms with Crippen molar-refractivity contribution in [2.75, 3.05) is 18.6 Å². The second kappa shape index (κ2) is 9.14. The van der Waals surface area contributed by atoms with Crippen LogP contribution in [0.25, 0.3) is 0 Å². The van der Waals surface area contributed by atoms with E-state index >= 15 is 0 Å². The highest BCUT2D eigenvalue weighted by Gasteiger charge is 2.21. The van der Waals surface area contributed by atoms with Crippen LogP contribution in [0.1, 0.15) is 39.2 Å². The third kappa shape index (κ3) is 5.38.